The standard InChI is InChI=1S/C21H20ClN3O2S/c1-4-13-25-20(17-7-5-6-8-18(17)27-3)23-24-21(25)28-14(2)19(26)15-9-11-16(22)12-10-15/h4-12,14H,1,13H2,2-3H3. The highest BCUT2D eigenvalue weighted by molar-refractivity contribution is 8.00. The van der Waals surface area contributed by atoms with Gasteiger partial charge < -0.3 is 4.74 Å². The first-order valence-electron chi connectivity index (χ1n) is 8.69. The summed E-state index contributed by atoms with van der Waals surface area (Å²) in [7, 11) is 1.62. The summed E-state index contributed by atoms with van der Waals surface area (Å²) >= 11 is 7.27. The number of ketones is 1. The van der Waals surface area contributed by atoms with Crippen LogP contribution in [-0.2, 0) is 6.54 Å². The molecule has 0 bridgehead atoms. The Kier molecular flexibility index (Phi) is 6.54. The number of methoxy groups -OCH3 is 1. The summed E-state index contributed by atoms with van der Waals surface area (Å²) in [5.74, 6) is 1.39. The molecule has 0 aliphatic heterocycles. The third-order valence-corrected chi connectivity index (χ3v) is 5.49. The Morgan fingerprint density at radius 3 is 2.64 bits per heavy atom. The predicted molar refractivity (Wildman–Crippen MR) is 113 cm³/mol. The van der Waals surface area contributed by atoms with Crippen molar-refractivity contribution in [1.82, 2.24) is 14.8 Å². The van der Waals surface area contributed by atoms with Crippen molar-refractivity contribution < 1.29 is 9.53 Å². The number of ether oxygens (including phenoxy) is 1. The van der Waals surface area contributed by atoms with Crippen molar-refractivity contribution >= 4 is 29.1 Å². The van der Waals surface area contributed by atoms with Gasteiger partial charge in [0.15, 0.2) is 16.8 Å². The lowest BCUT2D eigenvalue weighted by Crippen LogP contribution is -2.14. The zero-order valence-electron chi connectivity index (χ0n) is 15.6. The van der Waals surface area contributed by atoms with Crippen LogP contribution in [0.5, 0.6) is 5.75 Å². The number of hydrogen-bond acceptors (Lipinski definition) is 5. The number of benzene rings is 2. The van der Waals surface area contributed by atoms with Crippen molar-refractivity contribution in [1.29, 1.82) is 0 Å². The molecule has 1 unspecified atom stereocenters. The molecule has 1 aromatic heterocycles. The molecule has 7 heteroatoms. The third-order valence-electron chi connectivity index (χ3n) is 4.16. The van der Waals surface area contributed by atoms with Gasteiger partial charge in [-0.3, -0.25) is 9.36 Å². The van der Waals surface area contributed by atoms with E-state index in [-0.39, 0.29) is 11.0 Å². The van der Waals surface area contributed by atoms with Crippen molar-refractivity contribution in [2.75, 3.05) is 7.11 Å². The van der Waals surface area contributed by atoms with Gasteiger partial charge in [-0.25, -0.2) is 0 Å². The highest BCUT2D eigenvalue weighted by Crippen LogP contribution is 2.32. The van der Waals surface area contributed by atoms with Crippen molar-refractivity contribution in [3.63, 3.8) is 0 Å². The molecule has 0 saturated carbocycles. The molecule has 5 nitrogen and oxygen atoms in total. The first-order valence-corrected chi connectivity index (χ1v) is 9.94. The van der Waals surface area contributed by atoms with Crippen LogP contribution in [0.15, 0.2) is 66.3 Å². The van der Waals surface area contributed by atoms with Gasteiger partial charge in [0.2, 0.25) is 0 Å². The summed E-state index contributed by atoms with van der Waals surface area (Å²) < 4.78 is 7.38. The first-order chi connectivity index (χ1) is 13.5. The van der Waals surface area contributed by atoms with Crippen LogP contribution in [0.1, 0.15) is 17.3 Å². The fraction of sp³-hybridized carbons (Fsp3) is 0.190. The van der Waals surface area contributed by atoms with Crippen LogP contribution in [-0.4, -0.2) is 32.9 Å². The van der Waals surface area contributed by atoms with Crippen molar-refractivity contribution in [2.24, 2.45) is 0 Å². The average Bonchev–Trinajstić information content (AvgIpc) is 3.10. The topological polar surface area (TPSA) is 57.0 Å². The van der Waals surface area contributed by atoms with E-state index in [0.29, 0.717) is 33.9 Å². The molecule has 0 N–H and O–H groups in total. The maximum atomic E-state index is 12.7. The number of rotatable bonds is 8. The lowest BCUT2D eigenvalue weighted by molar-refractivity contribution is 0.0994. The number of thioether (sulfide) groups is 1. The van der Waals surface area contributed by atoms with Crippen LogP contribution in [0.25, 0.3) is 11.4 Å². The van der Waals surface area contributed by atoms with Crippen molar-refractivity contribution in [2.45, 2.75) is 23.9 Å². The summed E-state index contributed by atoms with van der Waals surface area (Å²) in [5.41, 5.74) is 1.45. The highest BCUT2D eigenvalue weighted by Gasteiger charge is 2.22. The molecule has 3 rings (SSSR count). The average molecular weight is 414 g/mol. The van der Waals surface area contributed by atoms with E-state index >= 15 is 0 Å². The van der Waals surface area contributed by atoms with Gasteiger partial charge in [-0.05, 0) is 43.3 Å². The Bertz CT molecular complexity index is 986. The zero-order valence-corrected chi connectivity index (χ0v) is 17.2. The van der Waals surface area contributed by atoms with Crippen LogP contribution in [0, 0.1) is 0 Å². The minimum absolute atomic E-state index is 0.00802. The van der Waals surface area contributed by atoms with E-state index in [4.69, 9.17) is 16.3 Å². The van der Waals surface area contributed by atoms with Crippen LogP contribution in [0.4, 0.5) is 0 Å². The molecule has 0 saturated heterocycles. The first kappa shape index (κ1) is 20.2. The SMILES string of the molecule is C=CCn1c(SC(C)C(=O)c2ccc(Cl)cc2)nnc1-c1ccccc1OC. The smallest absolute Gasteiger partial charge is 0.192 e. The number of nitrogens with zero attached hydrogens (tertiary/aromatic N) is 3. The normalized spacial score (nSPS) is 11.8. The Morgan fingerprint density at radius 1 is 1.25 bits per heavy atom. The molecule has 0 aliphatic rings. The lowest BCUT2D eigenvalue weighted by atomic mass is 10.1. The van der Waals surface area contributed by atoms with E-state index in [1.54, 1.807) is 37.5 Å². The summed E-state index contributed by atoms with van der Waals surface area (Å²) in [6.45, 7) is 6.20. The second-order valence-corrected chi connectivity index (χ2v) is 7.78. The largest absolute Gasteiger partial charge is 0.496 e. The molecule has 0 radical (unpaired) electrons. The molecule has 0 aliphatic carbocycles. The number of hydrogen-bond donors (Lipinski definition) is 0. The van der Waals surface area contributed by atoms with Gasteiger partial charge in [-0.15, -0.1) is 16.8 Å². The summed E-state index contributed by atoms with van der Waals surface area (Å²) in [6.07, 6.45) is 1.78. The number of carbonyl (C=O) groups is 1. The number of para-hydroxylation sites is 1. The molecule has 2 aromatic carbocycles. The monoisotopic (exact) mass is 413 g/mol. The minimum Gasteiger partial charge on any atom is -0.496 e. The Hall–Kier alpha value is -2.57. The van der Waals surface area contributed by atoms with Crippen LogP contribution >= 0.6 is 23.4 Å². The van der Waals surface area contributed by atoms with E-state index in [9.17, 15) is 4.79 Å². The Labute approximate surface area is 173 Å². The van der Waals surface area contributed by atoms with Gasteiger partial charge in [0, 0.05) is 17.1 Å². The van der Waals surface area contributed by atoms with E-state index in [1.165, 1.54) is 11.8 Å². The summed E-state index contributed by atoms with van der Waals surface area (Å²) in [6, 6.07) is 14.5. The van der Waals surface area contributed by atoms with Crippen LogP contribution in [0.3, 0.4) is 0 Å². The molecule has 28 heavy (non-hydrogen) atoms. The second kappa shape index (κ2) is 9.08. The molecule has 1 atom stereocenters. The quantitative estimate of drug-likeness (QED) is 0.290. The minimum atomic E-state index is -0.334. The highest BCUT2D eigenvalue weighted by atomic mass is 35.5. The van der Waals surface area contributed by atoms with E-state index in [2.05, 4.69) is 16.8 Å². The van der Waals surface area contributed by atoms with Crippen LogP contribution in [0.2, 0.25) is 5.02 Å². The second-order valence-electron chi connectivity index (χ2n) is 6.04. The van der Waals surface area contributed by atoms with Gasteiger partial charge in [-0.1, -0.05) is 41.6 Å². The van der Waals surface area contributed by atoms with Gasteiger partial charge in [0.1, 0.15) is 5.75 Å². The van der Waals surface area contributed by atoms with E-state index in [1.807, 2.05) is 35.8 Å². The number of aromatic nitrogens is 3. The number of Topliss-reactive ketones (excluding diaryl/α,β-unsaturated/α-hetero) is 1. The number of halogens is 1. The molecule has 3 aromatic rings. The molecule has 0 spiro atoms. The molecule has 1 heterocycles. The Balaban J connectivity index is 1.90. The maximum absolute atomic E-state index is 12.7. The van der Waals surface area contributed by atoms with Crippen molar-refractivity contribution in [3.8, 4) is 17.1 Å². The Morgan fingerprint density at radius 2 is 1.96 bits per heavy atom. The van der Waals surface area contributed by atoms with E-state index < -0.39 is 0 Å². The molecule has 0 fully saturated rings. The third kappa shape index (κ3) is 4.29. The molecule has 144 valence electrons. The van der Waals surface area contributed by atoms with E-state index in [0.717, 1.165) is 5.56 Å². The molecular weight excluding hydrogens is 394 g/mol. The predicted octanol–water partition coefficient (Wildman–Crippen LogP) is 5.16. The molecular formula is C21H20ClN3O2S. The summed E-state index contributed by atoms with van der Waals surface area (Å²) in [5, 5.41) is 9.58. The van der Waals surface area contributed by atoms with Gasteiger partial charge in [0.05, 0.1) is 17.9 Å². The van der Waals surface area contributed by atoms with Crippen molar-refractivity contribution in [3.05, 3.63) is 71.8 Å². The van der Waals surface area contributed by atoms with Gasteiger partial charge in [0.25, 0.3) is 0 Å². The number of carbonyl (C=O) groups excluding carboxylic acids is 1. The maximum Gasteiger partial charge on any atom is 0.192 e. The fourth-order valence-corrected chi connectivity index (χ4v) is 3.82. The summed E-state index contributed by atoms with van der Waals surface area (Å²) in [4.78, 5) is 12.7. The molecule has 0 amide bonds. The van der Waals surface area contributed by atoms with Gasteiger partial charge >= 0.3 is 0 Å². The number of allylic oxidation sites excluding steroid dienone is 1. The fourth-order valence-electron chi connectivity index (χ4n) is 2.76. The zero-order chi connectivity index (χ0) is 20.1. The van der Waals surface area contributed by atoms with Crippen LogP contribution < -0.4 is 4.74 Å². The lowest BCUT2D eigenvalue weighted by Gasteiger charge is -2.13. The van der Waals surface area contributed by atoms with Gasteiger partial charge in [-0.2, -0.15) is 0 Å².